The summed E-state index contributed by atoms with van der Waals surface area (Å²) in [4.78, 5) is 36.8. The van der Waals surface area contributed by atoms with E-state index in [4.69, 9.17) is 9.47 Å². The number of benzene rings is 2. The quantitative estimate of drug-likeness (QED) is 0.222. The number of nitrogens with zero attached hydrogens (tertiary/aromatic N) is 1. The molecule has 2 aromatic rings. The van der Waals surface area contributed by atoms with Crippen LogP contribution in [0.25, 0.3) is 0 Å². The molecule has 1 aliphatic heterocycles. The topological polar surface area (TPSA) is 120 Å². The minimum atomic E-state index is -0.879. The van der Waals surface area contributed by atoms with Crippen molar-refractivity contribution in [2.75, 3.05) is 20.3 Å². The van der Waals surface area contributed by atoms with Gasteiger partial charge in [-0.05, 0) is 38.3 Å². The van der Waals surface area contributed by atoms with Gasteiger partial charge in [0.2, 0.25) is 0 Å². The van der Waals surface area contributed by atoms with Gasteiger partial charge in [0.05, 0.1) is 29.1 Å². The van der Waals surface area contributed by atoms with Gasteiger partial charge >= 0.3 is 11.9 Å². The molecule has 2 unspecified atom stereocenters. The predicted octanol–water partition coefficient (Wildman–Crippen LogP) is 3.77. The second-order valence-electron chi connectivity index (χ2n) is 8.66. The van der Waals surface area contributed by atoms with E-state index in [0.29, 0.717) is 23.5 Å². The van der Waals surface area contributed by atoms with E-state index in [1.165, 1.54) is 30.9 Å². The fourth-order valence-electron chi connectivity index (χ4n) is 4.36. The molecule has 0 spiro atoms. The van der Waals surface area contributed by atoms with Gasteiger partial charge in [-0.2, -0.15) is 0 Å². The number of non-ortho nitro benzene ring substituents is 1. The molecule has 0 aromatic heterocycles. The predicted molar refractivity (Wildman–Crippen MR) is 135 cm³/mol. The van der Waals surface area contributed by atoms with Crippen molar-refractivity contribution >= 4 is 17.6 Å². The average molecular weight is 494 g/mol. The molecule has 0 fully saturated rings. The van der Waals surface area contributed by atoms with Crippen LogP contribution in [0, 0.1) is 10.1 Å². The highest BCUT2D eigenvalue weighted by Gasteiger charge is 2.38. The van der Waals surface area contributed by atoms with Gasteiger partial charge < -0.3 is 20.1 Å². The van der Waals surface area contributed by atoms with Gasteiger partial charge in [0, 0.05) is 36.1 Å². The standard InChI is InChI=1S/C27H31N3O6/c1-17(15-20-9-6-5-7-10-20)28-13-14-36-27(32)24-19(3)29-18(2)23(26(31)35-4)25(24)21-11-8-12-22(16-21)30(33)34/h5-12,16-17,25,28-29H,13-15H2,1-4H3. The molecule has 3 rings (SSSR count). The van der Waals surface area contributed by atoms with Crippen molar-refractivity contribution < 1.29 is 24.0 Å². The van der Waals surface area contributed by atoms with Crippen molar-refractivity contribution in [2.45, 2.75) is 39.2 Å². The summed E-state index contributed by atoms with van der Waals surface area (Å²) < 4.78 is 10.5. The molecule has 2 aromatic carbocycles. The number of hydrogen-bond donors (Lipinski definition) is 2. The zero-order valence-corrected chi connectivity index (χ0v) is 20.9. The van der Waals surface area contributed by atoms with Gasteiger partial charge in [-0.3, -0.25) is 10.1 Å². The van der Waals surface area contributed by atoms with Crippen LogP contribution in [0.2, 0.25) is 0 Å². The Morgan fingerprint density at radius 3 is 2.36 bits per heavy atom. The molecule has 9 nitrogen and oxygen atoms in total. The molecule has 1 aliphatic rings. The Morgan fingerprint density at radius 2 is 1.72 bits per heavy atom. The minimum absolute atomic E-state index is 0.118. The summed E-state index contributed by atoms with van der Waals surface area (Å²) in [5, 5.41) is 17.8. The highest BCUT2D eigenvalue weighted by Crippen LogP contribution is 2.40. The third-order valence-corrected chi connectivity index (χ3v) is 6.01. The van der Waals surface area contributed by atoms with Crippen LogP contribution in [-0.2, 0) is 25.5 Å². The Balaban J connectivity index is 1.77. The van der Waals surface area contributed by atoms with Crippen LogP contribution in [0.15, 0.2) is 77.1 Å². The van der Waals surface area contributed by atoms with E-state index in [9.17, 15) is 19.7 Å². The van der Waals surface area contributed by atoms with Gasteiger partial charge in [0.15, 0.2) is 0 Å². The van der Waals surface area contributed by atoms with Crippen molar-refractivity contribution in [1.29, 1.82) is 0 Å². The van der Waals surface area contributed by atoms with E-state index in [0.717, 1.165) is 6.42 Å². The van der Waals surface area contributed by atoms with Crippen LogP contribution in [0.3, 0.4) is 0 Å². The number of nitro groups is 1. The van der Waals surface area contributed by atoms with E-state index < -0.39 is 22.8 Å². The van der Waals surface area contributed by atoms with Crippen molar-refractivity contribution in [3.63, 3.8) is 0 Å². The number of allylic oxidation sites excluding steroid dienone is 2. The number of hydrogen-bond acceptors (Lipinski definition) is 8. The van der Waals surface area contributed by atoms with Crippen LogP contribution >= 0.6 is 0 Å². The first-order chi connectivity index (χ1) is 17.2. The lowest BCUT2D eigenvalue weighted by molar-refractivity contribution is -0.384. The SMILES string of the molecule is COC(=O)C1=C(C)NC(C)=C(C(=O)OCCNC(C)Cc2ccccc2)C1c1cccc([N+](=O)[O-])c1. The van der Waals surface area contributed by atoms with E-state index in [1.54, 1.807) is 19.9 Å². The maximum Gasteiger partial charge on any atom is 0.336 e. The first-order valence-electron chi connectivity index (χ1n) is 11.7. The number of carbonyl (C=O) groups is 2. The number of nitro benzene ring substituents is 1. The highest BCUT2D eigenvalue weighted by molar-refractivity contribution is 5.99. The summed E-state index contributed by atoms with van der Waals surface area (Å²) in [5.74, 6) is -2.12. The Labute approximate surface area is 210 Å². The second-order valence-corrected chi connectivity index (χ2v) is 8.66. The van der Waals surface area contributed by atoms with Crippen LogP contribution in [0.1, 0.15) is 37.8 Å². The normalized spacial score (nSPS) is 16.3. The molecule has 0 aliphatic carbocycles. The van der Waals surface area contributed by atoms with Gasteiger partial charge in [-0.25, -0.2) is 9.59 Å². The van der Waals surface area contributed by atoms with Crippen molar-refractivity contribution in [3.05, 3.63) is 98.4 Å². The number of dihydropyridines is 1. The summed E-state index contributed by atoms with van der Waals surface area (Å²) in [5.41, 5.74) is 2.90. The molecule has 0 amide bonds. The molecule has 9 heteroatoms. The largest absolute Gasteiger partial charge is 0.466 e. The van der Waals surface area contributed by atoms with Crippen molar-refractivity contribution in [1.82, 2.24) is 10.6 Å². The molecular formula is C27H31N3O6. The summed E-state index contributed by atoms with van der Waals surface area (Å²) >= 11 is 0. The molecule has 36 heavy (non-hydrogen) atoms. The Hall–Kier alpha value is -3.98. The van der Waals surface area contributed by atoms with Crippen LogP contribution in [0.5, 0.6) is 0 Å². The Morgan fingerprint density at radius 1 is 1.06 bits per heavy atom. The molecule has 0 radical (unpaired) electrons. The van der Waals surface area contributed by atoms with E-state index in [2.05, 4.69) is 29.7 Å². The molecule has 0 saturated carbocycles. The summed E-state index contributed by atoms with van der Waals surface area (Å²) in [6.45, 7) is 6.02. The van der Waals surface area contributed by atoms with E-state index >= 15 is 0 Å². The third-order valence-electron chi connectivity index (χ3n) is 6.01. The van der Waals surface area contributed by atoms with Gasteiger partial charge in [0.1, 0.15) is 6.61 Å². The molecule has 0 saturated heterocycles. The zero-order valence-electron chi connectivity index (χ0n) is 20.9. The number of carbonyl (C=O) groups excluding carboxylic acids is 2. The summed E-state index contributed by atoms with van der Waals surface area (Å²) in [6, 6.07) is 16.2. The molecule has 1 heterocycles. The maximum atomic E-state index is 13.3. The smallest absolute Gasteiger partial charge is 0.336 e. The number of ether oxygens (including phenoxy) is 2. The highest BCUT2D eigenvalue weighted by atomic mass is 16.6. The van der Waals surface area contributed by atoms with Gasteiger partial charge in [-0.1, -0.05) is 42.5 Å². The fraction of sp³-hybridized carbons (Fsp3) is 0.333. The summed E-state index contributed by atoms with van der Waals surface area (Å²) in [6.07, 6.45) is 0.838. The first kappa shape index (κ1) is 26.6. The van der Waals surface area contributed by atoms with Crippen molar-refractivity contribution in [2.24, 2.45) is 0 Å². The molecule has 2 atom stereocenters. The lowest BCUT2D eigenvalue weighted by Crippen LogP contribution is -2.34. The lowest BCUT2D eigenvalue weighted by atomic mass is 9.80. The van der Waals surface area contributed by atoms with Crippen LogP contribution in [-0.4, -0.2) is 43.2 Å². The number of methoxy groups -OCH3 is 1. The maximum absolute atomic E-state index is 13.3. The third kappa shape index (κ3) is 6.37. The van der Waals surface area contributed by atoms with Gasteiger partial charge in [-0.15, -0.1) is 0 Å². The Bertz CT molecular complexity index is 1190. The number of esters is 2. The van der Waals surface area contributed by atoms with E-state index in [-0.39, 0.29) is 29.5 Å². The lowest BCUT2D eigenvalue weighted by Gasteiger charge is -2.30. The Kier molecular flexibility index (Phi) is 8.97. The minimum Gasteiger partial charge on any atom is -0.466 e. The monoisotopic (exact) mass is 493 g/mol. The zero-order chi connectivity index (χ0) is 26.2. The van der Waals surface area contributed by atoms with Gasteiger partial charge in [0.25, 0.3) is 5.69 Å². The van der Waals surface area contributed by atoms with Crippen LogP contribution < -0.4 is 10.6 Å². The molecule has 2 N–H and O–H groups in total. The second kappa shape index (κ2) is 12.1. The average Bonchev–Trinajstić information content (AvgIpc) is 2.86. The fourth-order valence-corrected chi connectivity index (χ4v) is 4.36. The van der Waals surface area contributed by atoms with Crippen molar-refractivity contribution in [3.8, 4) is 0 Å². The summed E-state index contributed by atoms with van der Waals surface area (Å²) in [7, 11) is 1.25. The number of nitrogens with one attached hydrogen (secondary N) is 2. The first-order valence-corrected chi connectivity index (χ1v) is 11.7. The molecule has 190 valence electrons. The molecular weight excluding hydrogens is 462 g/mol. The molecule has 0 bridgehead atoms. The number of rotatable bonds is 10. The van der Waals surface area contributed by atoms with Crippen LogP contribution in [0.4, 0.5) is 5.69 Å². The van der Waals surface area contributed by atoms with E-state index in [1.807, 2.05) is 18.2 Å².